The molecular weight excluding hydrogens is 697 g/mol. The first kappa shape index (κ1) is 38.2. The number of hydrogen-bond acceptors (Lipinski definition) is 6. The van der Waals surface area contributed by atoms with Crippen LogP contribution in [0.15, 0.2) is 122 Å². The van der Waals surface area contributed by atoms with Gasteiger partial charge in [0, 0.05) is 60.1 Å². The minimum Gasteiger partial charge on any atom is -0.445 e. The van der Waals surface area contributed by atoms with Crippen LogP contribution in [-0.4, -0.2) is 59.1 Å². The van der Waals surface area contributed by atoms with Gasteiger partial charge in [0.25, 0.3) is 0 Å². The third-order valence-corrected chi connectivity index (χ3v) is 9.29. The molecule has 284 valence electrons. The quantitative estimate of drug-likeness (QED) is 0.0556. The summed E-state index contributed by atoms with van der Waals surface area (Å²) < 4.78 is 10.8. The van der Waals surface area contributed by atoms with Gasteiger partial charge in [-0.1, -0.05) is 97.1 Å². The molecule has 0 radical (unpaired) electrons. The van der Waals surface area contributed by atoms with Crippen molar-refractivity contribution in [2.24, 2.45) is 0 Å². The zero-order chi connectivity index (χ0) is 38.2. The largest absolute Gasteiger partial charge is 0.445 e. The van der Waals surface area contributed by atoms with E-state index in [0.29, 0.717) is 25.9 Å². The molecule has 0 aliphatic heterocycles. The summed E-state index contributed by atoms with van der Waals surface area (Å²) in [5.41, 5.74) is 5.37. The van der Waals surface area contributed by atoms with Gasteiger partial charge in [-0.25, -0.2) is 9.59 Å². The first-order valence-electron chi connectivity index (χ1n) is 18.5. The number of nitrogens with one attached hydrogen (secondary N) is 6. The molecule has 0 fully saturated rings. The molecule has 2 atom stereocenters. The third kappa shape index (κ3) is 11.2. The van der Waals surface area contributed by atoms with Crippen molar-refractivity contribution in [2.45, 2.75) is 57.4 Å². The van der Waals surface area contributed by atoms with Crippen LogP contribution in [0.3, 0.4) is 0 Å². The highest BCUT2D eigenvalue weighted by atomic mass is 16.6. The van der Waals surface area contributed by atoms with Crippen LogP contribution in [-0.2, 0) is 45.1 Å². The van der Waals surface area contributed by atoms with Crippen LogP contribution in [0.1, 0.15) is 41.5 Å². The van der Waals surface area contributed by atoms with Crippen LogP contribution >= 0.6 is 0 Å². The van der Waals surface area contributed by atoms with Gasteiger partial charge >= 0.3 is 12.2 Å². The van der Waals surface area contributed by atoms with Gasteiger partial charge in [-0.05, 0) is 53.6 Å². The number of alkyl carbamates (subject to hydrolysis) is 2. The average molecular weight is 743 g/mol. The zero-order valence-corrected chi connectivity index (χ0v) is 30.5. The molecule has 0 saturated heterocycles. The molecular formula is C43H46N6O6. The second kappa shape index (κ2) is 19.5. The number of aromatic amines is 2. The molecule has 0 aliphatic rings. The lowest BCUT2D eigenvalue weighted by molar-refractivity contribution is -0.123. The Morgan fingerprint density at radius 2 is 0.909 bits per heavy atom. The standard InChI is InChI=1S/C43H46N6O6/c50-40(38(24-32-26-46-36-20-10-8-18-34(32)36)48-42(52)54-28-30-14-4-1-5-15-30)44-22-12-3-13-23-45-41(51)39(25-33-27-47-37-21-11-9-19-35(33)37)49-43(53)55-29-31-16-6-2-7-17-31/h1-2,4-11,14-21,26-27,38-39,46-47H,3,12-13,22-25,28-29H2,(H,44,50)(H,45,51)(H,48,52)(H,49,53). The van der Waals surface area contributed by atoms with Crippen molar-refractivity contribution in [1.82, 2.24) is 31.2 Å². The van der Waals surface area contributed by atoms with Crippen molar-refractivity contribution >= 4 is 45.8 Å². The summed E-state index contributed by atoms with van der Waals surface area (Å²) in [6.45, 7) is 0.942. The van der Waals surface area contributed by atoms with Crippen LogP contribution in [0, 0.1) is 0 Å². The van der Waals surface area contributed by atoms with E-state index >= 15 is 0 Å². The van der Waals surface area contributed by atoms with Crippen molar-refractivity contribution in [3.63, 3.8) is 0 Å². The van der Waals surface area contributed by atoms with Gasteiger partial charge in [0.05, 0.1) is 0 Å². The molecule has 0 spiro atoms. The summed E-state index contributed by atoms with van der Waals surface area (Å²) in [4.78, 5) is 58.8. The molecule has 4 aromatic carbocycles. The molecule has 0 bridgehead atoms. The Morgan fingerprint density at radius 1 is 0.509 bits per heavy atom. The molecule has 12 heteroatoms. The SMILES string of the molecule is O=C(NC(Cc1c[nH]c2ccccc12)C(=O)NCCCCCNC(=O)C(Cc1c[nH]c2ccccc12)NC(=O)OCc1ccccc1)OCc1ccccc1. The number of ether oxygens (including phenoxy) is 2. The number of carbonyl (C=O) groups excluding carboxylic acids is 4. The van der Waals surface area contributed by atoms with Gasteiger partial charge < -0.3 is 40.7 Å². The van der Waals surface area contributed by atoms with E-state index in [4.69, 9.17) is 9.47 Å². The van der Waals surface area contributed by atoms with Gasteiger partial charge in [-0.3, -0.25) is 9.59 Å². The Labute approximate surface area is 319 Å². The summed E-state index contributed by atoms with van der Waals surface area (Å²) >= 11 is 0. The van der Waals surface area contributed by atoms with Crippen LogP contribution in [0.4, 0.5) is 9.59 Å². The van der Waals surface area contributed by atoms with E-state index in [1.54, 1.807) is 0 Å². The fourth-order valence-corrected chi connectivity index (χ4v) is 6.37. The fraction of sp³-hybridized carbons (Fsp3) is 0.256. The number of amides is 4. The molecule has 2 unspecified atom stereocenters. The molecule has 2 aromatic heterocycles. The molecule has 55 heavy (non-hydrogen) atoms. The average Bonchev–Trinajstić information content (AvgIpc) is 3.83. The maximum atomic E-state index is 13.4. The van der Waals surface area contributed by atoms with Crippen LogP contribution in [0.2, 0.25) is 0 Å². The number of hydrogen-bond donors (Lipinski definition) is 6. The maximum absolute atomic E-state index is 13.4. The molecule has 2 heterocycles. The Morgan fingerprint density at radius 3 is 1.35 bits per heavy atom. The topological polar surface area (TPSA) is 166 Å². The smallest absolute Gasteiger partial charge is 0.408 e. The van der Waals surface area contributed by atoms with E-state index in [1.807, 2.05) is 122 Å². The molecule has 0 aliphatic carbocycles. The summed E-state index contributed by atoms with van der Waals surface area (Å²) in [6.07, 6.45) is 4.93. The minimum absolute atomic E-state index is 0.0861. The van der Waals surface area contributed by atoms with Crippen LogP contribution < -0.4 is 21.3 Å². The van der Waals surface area contributed by atoms with E-state index in [0.717, 1.165) is 50.5 Å². The van der Waals surface area contributed by atoms with Crippen molar-refractivity contribution in [3.05, 3.63) is 144 Å². The lowest BCUT2D eigenvalue weighted by Crippen LogP contribution is -2.48. The molecule has 0 saturated carbocycles. The van der Waals surface area contributed by atoms with Crippen LogP contribution in [0.25, 0.3) is 21.8 Å². The monoisotopic (exact) mass is 742 g/mol. The van der Waals surface area contributed by atoms with Crippen LogP contribution in [0.5, 0.6) is 0 Å². The minimum atomic E-state index is -0.859. The number of para-hydroxylation sites is 2. The Balaban J connectivity index is 0.973. The summed E-state index contributed by atoms with van der Waals surface area (Å²) in [7, 11) is 0. The van der Waals surface area contributed by atoms with E-state index in [9.17, 15) is 19.2 Å². The van der Waals surface area contributed by atoms with Gasteiger partial charge in [-0.15, -0.1) is 0 Å². The van der Waals surface area contributed by atoms with E-state index in [-0.39, 0.29) is 37.9 Å². The summed E-state index contributed by atoms with van der Waals surface area (Å²) in [5, 5.41) is 13.4. The number of carbonyl (C=O) groups is 4. The number of unbranched alkanes of at least 4 members (excludes halogenated alkanes) is 2. The zero-order valence-electron chi connectivity index (χ0n) is 30.5. The lowest BCUT2D eigenvalue weighted by atomic mass is 10.0. The maximum Gasteiger partial charge on any atom is 0.408 e. The number of rotatable bonds is 18. The number of aromatic nitrogens is 2. The Bertz CT molecular complexity index is 2010. The van der Waals surface area contributed by atoms with E-state index in [2.05, 4.69) is 31.2 Å². The Hall–Kier alpha value is -6.56. The van der Waals surface area contributed by atoms with Crippen molar-refractivity contribution < 1.29 is 28.7 Å². The predicted octanol–water partition coefficient (Wildman–Crippen LogP) is 6.43. The first-order chi connectivity index (χ1) is 26.9. The normalized spacial score (nSPS) is 12.1. The second-order valence-electron chi connectivity index (χ2n) is 13.3. The second-order valence-corrected chi connectivity index (χ2v) is 13.3. The van der Waals surface area contributed by atoms with Gasteiger partial charge in [0.2, 0.25) is 11.8 Å². The van der Waals surface area contributed by atoms with Gasteiger partial charge in [0.1, 0.15) is 25.3 Å². The highest BCUT2D eigenvalue weighted by Gasteiger charge is 2.25. The Kier molecular flexibility index (Phi) is 13.5. The number of H-pyrrole nitrogens is 2. The first-order valence-corrected chi connectivity index (χ1v) is 18.5. The number of benzene rings is 4. The predicted molar refractivity (Wildman–Crippen MR) is 211 cm³/mol. The summed E-state index contributed by atoms with van der Waals surface area (Å²) in [6, 6.07) is 32.5. The third-order valence-electron chi connectivity index (χ3n) is 9.29. The van der Waals surface area contributed by atoms with Crippen molar-refractivity contribution in [1.29, 1.82) is 0 Å². The van der Waals surface area contributed by atoms with E-state index < -0.39 is 24.3 Å². The van der Waals surface area contributed by atoms with Gasteiger partial charge in [0.15, 0.2) is 0 Å². The molecule has 6 N–H and O–H groups in total. The number of fused-ring (bicyclic) bond motifs is 2. The van der Waals surface area contributed by atoms with Crippen molar-refractivity contribution in [3.8, 4) is 0 Å². The highest BCUT2D eigenvalue weighted by Crippen LogP contribution is 2.21. The molecule has 6 rings (SSSR count). The van der Waals surface area contributed by atoms with Crippen molar-refractivity contribution in [2.75, 3.05) is 13.1 Å². The fourth-order valence-electron chi connectivity index (χ4n) is 6.37. The highest BCUT2D eigenvalue weighted by molar-refractivity contribution is 5.89. The molecule has 12 nitrogen and oxygen atoms in total. The van der Waals surface area contributed by atoms with Gasteiger partial charge in [-0.2, -0.15) is 0 Å². The summed E-state index contributed by atoms with van der Waals surface area (Å²) in [5.74, 6) is -0.638. The molecule has 4 amide bonds. The molecule has 6 aromatic rings. The van der Waals surface area contributed by atoms with E-state index in [1.165, 1.54) is 0 Å². The lowest BCUT2D eigenvalue weighted by Gasteiger charge is -2.19.